The van der Waals surface area contributed by atoms with Crippen LogP contribution in [0.4, 0.5) is 0 Å². The predicted molar refractivity (Wildman–Crippen MR) is 73.7 cm³/mol. The molecular formula is C15H21NO2. The Morgan fingerprint density at radius 2 is 2.00 bits per heavy atom. The molecule has 1 N–H and O–H groups in total. The van der Waals surface area contributed by atoms with Crippen molar-refractivity contribution in [3.8, 4) is 0 Å². The van der Waals surface area contributed by atoms with Crippen molar-refractivity contribution in [3.63, 3.8) is 0 Å². The van der Waals surface area contributed by atoms with Crippen LogP contribution in [0.5, 0.6) is 0 Å². The molecule has 3 nitrogen and oxygen atoms in total. The van der Waals surface area contributed by atoms with Crippen LogP contribution in [0.25, 0.3) is 11.0 Å². The molecule has 2 rings (SSSR count). The van der Waals surface area contributed by atoms with Crippen LogP contribution in [-0.2, 0) is 4.74 Å². The van der Waals surface area contributed by atoms with Gasteiger partial charge in [0.2, 0.25) is 0 Å². The van der Waals surface area contributed by atoms with E-state index < -0.39 is 0 Å². The van der Waals surface area contributed by atoms with Gasteiger partial charge in [-0.05, 0) is 40.0 Å². The molecule has 1 heterocycles. The first-order valence-corrected chi connectivity index (χ1v) is 6.29. The normalized spacial score (nSPS) is 14.0. The first kappa shape index (κ1) is 13.1. The molecule has 0 aliphatic carbocycles. The van der Waals surface area contributed by atoms with E-state index in [1.54, 1.807) is 0 Å². The zero-order valence-corrected chi connectivity index (χ0v) is 11.5. The van der Waals surface area contributed by atoms with Crippen LogP contribution in [0.2, 0.25) is 0 Å². The van der Waals surface area contributed by atoms with Crippen molar-refractivity contribution < 1.29 is 9.15 Å². The molecule has 0 aliphatic rings. The summed E-state index contributed by atoms with van der Waals surface area (Å²) in [6.45, 7) is 6.76. The molecule has 0 bridgehead atoms. The minimum atomic E-state index is -0.138. The fraction of sp³-hybridized carbons (Fsp3) is 0.467. The molecule has 1 unspecified atom stereocenters. The first-order valence-electron chi connectivity index (χ1n) is 6.29. The number of para-hydroxylation sites is 1. The smallest absolute Gasteiger partial charge is 0.134 e. The number of hydrogen-bond donors (Lipinski definition) is 1. The standard InChI is InChI=1S/C15H21NO2/c1-15(2,3)17-10-12(16-4)14-9-11-7-5-6-8-13(11)18-14/h5-9,12,16H,10H2,1-4H3. The van der Waals surface area contributed by atoms with Crippen molar-refractivity contribution in [2.45, 2.75) is 32.4 Å². The van der Waals surface area contributed by atoms with Crippen LogP contribution in [-0.4, -0.2) is 19.3 Å². The Kier molecular flexibility index (Phi) is 3.73. The minimum Gasteiger partial charge on any atom is -0.459 e. The molecule has 2 aromatic rings. The summed E-state index contributed by atoms with van der Waals surface area (Å²) in [6.07, 6.45) is 0. The van der Waals surface area contributed by atoms with Gasteiger partial charge in [-0.25, -0.2) is 0 Å². The van der Waals surface area contributed by atoms with E-state index in [9.17, 15) is 0 Å². The van der Waals surface area contributed by atoms with E-state index in [1.807, 2.05) is 25.2 Å². The maximum absolute atomic E-state index is 5.84. The number of nitrogens with one attached hydrogen (secondary N) is 1. The number of ether oxygens (including phenoxy) is 1. The van der Waals surface area contributed by atoms with Crippen molar-refractivity contribution in [2.24, 2.45) is 0 Å². The van der Waals surface area contributed by atoms with E-state index in [0.717, 1.165) is 16.7 Å². The van der Waals surface area contributed by atoms with Crippen LogP contribution in [0, 0.1) is 0 Å². The van der Waals surface area contributed by atoms with Gasteiger partial charge in [0, 0.05) is 5.39 Å². The second kappa shape index (κ2) is 5.12. The summed E-state index contributed by atoms with van der Waals surface area (Å²) in [7, 11) is 1.92. The lowest BCUT2D eigenvalue weighted by Crippen LogP contribution is -2.28. The van der Waals surface area contributed by atoms with Crippen LogP contribution in [0.15, 0.2) is 34.7 Å². The second-order valence-corrected chi connectivity index (χ2v) is 5.45. The summed E-state index contributed by atoms with van der Waals surface area (Å²) in [4.78, 5) is 0. The third-order valence-electron chi connectivity index (χ3n) is 2.82. The fourth-order valence-electron chi connectivity index (χ4n) is 1.82. The minimum absolute atomic E-state index is 0.0802. The Morgan fingerprint density at radius 3 is 2.61 bits per heavy atom. The highest BCUT2D eigenvalue weighted by Gasteiger charge is 2.18. The molecule has 0 radical (unpaired) electrons. The summed E-state index contributed by atoms with van der Waals surface area (Å²) in [5, 5.41) is 4.36. The molecule has 1 aromatic heterocycles. The van der Waals surface area contributed by atoms with Gasteiger partial charge in [-0.15, -0.1) is 0 Å². The third kappa shape index (κ3) is 3.12. The molecular weight excluding hydrogens is 226 g/mol. The van der Waals surface area contributed by atoms with Gasteiger partial charge >= 0.3 is 0 Å². The quantitative estimate of drug-likeness (QED) is 0.897. The largest absolute Gasteiger partial charge is 0.459 e. The highest BCUT2D eigenvalue weighted by molar-refractivity contribution is 5.77. The molecule has 3 heteroatoms. The average molecular weight is 247 g/mol. The van der Waals surface area contributed by atoms with Crippen LogP contribution < -0.4 is 5.32 Å². The maximum atomic E-state index is 5.84. The van der Waals surface area contributed by atoms with Crippen LogP contribution >= 0.6 is 0 Å². The van der Waals surface area contributed by atoms with Crippen molar-refractivity contribution in [1.29, 1.82) is 0 Å². The van der Waals surface area contributed by atoms with E-state index in [2.05, 4.69) is 38.2 Å². The molecule has 98 valence electrons. The highest BCUT2D eigenvalue weighted by atomic mass is 16.5. The molecule has 1 atom stereocenters. The topological polar surface area (TPSA) is 34.4 Å². The Balaban J connectivity index is 2.16. The third-order valence-corrected chi connectivity index (χ3v) is 2.82. The Bertz CT molecular complexity index is 477. The summed E-state index contributed by atoms with van der Waals surface area (Å²) in [5.74, 6) is 0.919. The van der Waals surface area contributed by atoms with E-state index in [0.29, 0.717) is 6.61 Å². The van der Waals surface area contributed by atoms with Crippen LogP contribution in [0.1, 0.15) is 32.6 Å². The molecule has 18 heavy (non-hydrogen) atoms. The molecule has 0 saturated carbocycles. The van der Waals surface area contributed by atoms with Gasteiger partial charge in [0.15, 0.2) is 0 Å². The monoisotopic (exact) mass is 247 g/mol. The van der Waals surface area contributed by atoms with Gasteiger partial charge in [-0.1, -0.05) is 18.2 Å². The number of likely N-dealkylation sites (N-methyl/N-ethyl adjacent to an activating group) is 1. The van der Waals surface area contributed by atoms with E-state index in [-0.39, 0.29) is 11.6 Å². The molecule has 1 aromatic carbocycles. The summed E-state index contributed by atoms with van der Waals surface area (Å²) < 4.78 is 11.7. The Labute approximate surface area is 108 Å². The zero-order valence-electron chi connectivity index (χ0n) is 11.5. The lowest BCUT2D eigenvalue weighted by atomic mass is 10.1. The van der Waals surface area contributed by atoms with Crippen LogP contribution in [0.3, 0.4) is 0 Å². The molecule has 0 saturated heterocycles. The lowest BCUT2D eigenvalue weighted by Gasteiger charge is -2.23. The summed E-state index contributed by atoms with van der Waals surface area (Å²) in [6, 6.07) is 10.2. The summed E-state index contributed by atoms with van der Waals surface area (Å²) in [5.41, 5.74) is 0.782. The van der Waals surface area contributed by atoms with Gasteiger partial charge < -0.3 is 14.5 Å². The van der Waals surface area contributed by atoms with Gasteiger partial charge in [-0.2, -0.15) is 0 Å². The molecule has 0 fully saturated rings. The Hall–Kier alpha value is -1.32. The van der Waals surface area contributed by atoms with Gasteiger partial charge in [0.25, 0.3) is 0 Å². The van der Waals surface area contributed by atoms with Gasteiger partial charge in [-0.3, -0.25) is 0 Å². The number of furan rings is 1. The Morgan fingerprint density at radius 1 is 1.28 bits per heavy atom. The van der Waals surface area contributed by atoms with E-state index in [1.165, 1.54) is 0 Å². The first-order chi connectivity index (χ1) is 8.49. The van der Waals surface area contributed by atoms with Crippen molar-refractivity contribution in [2.75, 3.05) is 13.7 Å². The van der Waals surface area contributed by atoms with E-state index >= 15 is 0 Å². The number of fused-ring (bicyclic) bond motifs is 1. The summed E-state index contributed by atoms with van der Waals surface area (Å²) >= 11 is 0. The van der Waals surface area contributed by atoms with Crippen molar-refractivity contribution in [3.05, 3.63) is 36.1 Å². The second-order valence-electron chi connectivity index (χ2n) is 5.45. The SMILES string of the molecule is CNC(COC(C)(C)C)c1cc2ccccc2o1. The molecule has 0 spiro atoms. The van der Waals surface area contributed by atoms with Crippen molar-refractivity contribution >= 4 is 11.0 Å². The predicted octanol–water partition coefficient (Wildman–Crippen LogP) is 3.51. The molecule has 0 amide bonds. The molecule has 0 aliphatic heterocycles. The maximum Gasteiger partial charge on any atom is 0.134 e. The lowest BCUT2D eigenvalue weighted by molar-refractivity contribution is -0.0161. The number of rotatable bonds is 4. The van der Waals surface area contributed by atoms with Crippen molar-refractivity contribution in [1.82, 2.24) is 5.32 Å². The average Bonchev–Trinajstić information content (AvgIpc) is 2.71. The number of hydrogen-bond acceptors (Lipinski definition) is 3. The number of benzene rings is 1. The fourth-order valence-corrected chi connectivity index (χ4v) is 1.82. The highest BCUT2D eigenvalue weighted by Crippen LogP contribution is 2.24. The zero-order chi connectivity index (χ0) is 13.2. The van der Waals surface area contributed by atoms with Gasteiger partial charge in [0.05, 0.1) is 18.2 Å². The van der Waals surface area contributed by atoms with E-state index in [4.69, 9.17) is 9.15 Å². The van der Waals surface area contributed by atoms with Gasteiger partial charge in [0.1, 0.15) is 11.3 Å².